The van der Waals surface area contributed by atoms with E-state index in [1.165, 1.54) is 23.1 Å². The first-order valence-electron chi connectivity index (χ1n) is 9.20. The summed E-state index contributed by atoms with van der Waals surface area (Å²) in [6.07, 6.45) is 0.0773. The second kappa shape index (κ2) is 10.1. The van der Waals surface area contributed by atoms with Gasteiger partial charge in [0.15, 0.2) is 10.3 Å². The molecule has 0 bridgehead atoms. The van der Waals surface area contributed by atoms with E-state index in [0.29, 0.717) is 33.4 Å². The van der Waals surface area contributed by atoms with Gasteiger partial charge in [0.25, 0.3) is 0 Å². The molecule has 2 heterocycles. The van der Waals surface area contributed by atoms with Crippen molar-refractivity contribution in [3.05, 3.63) is 45.7 Å². The number of hydrogen-bond donors (Lipinski definition) is 2. The van der Waals surface area contributed by atoms with Gasteiger partial charge in [0.2, 0.25) is 11.8 Å². The van der Waals surface area contributed by atoms with E-state index in [0.717, 1.165) is 10.6 Å². The Morgan fingerprint density at radius 3 is 2.50 bits per heavy atom. The quantitative estimate of drug-likeness (QED) is 0.489. The average molecular weight is 465 g/mol. The molecule has 3 rings (SSSR count). The monoisotopic (exact) mass is 464 g/mol. The molecule has 0 saturated carbocycles. The molecule has 0 aliphatic heterocycles. The van der Waals surface area contributed by atoms with Gasteiger partial charge < -0.3 is 15.2 Å². The van der Waals surface area contributed by atoms with Crippen molar-refractivity contribution in [2.75, 3.05) is 16.4 Å². The van der Waals surface area contributed by atoms with Crippen molar-refractivity contribution in [1.29, 1.82) is 0 Å². The van der Waals surface area contributed by atoms with Crippen molar-refractivity contribution in [3.8, 4) is 0 Å². The molecule has 158 valence electrons. The van der Waals surface area contributed by atoms with Gasteiger partial charge in [-0.05, 0) is 45.0 Å². The largest absolute Gasteiger partial charge is 0.326 e. The minimum Gasteiger partial charge on any atom is -0.326 e. The summed E-state index contributed by atoms with van der Waals surface area (Å²) in [7, 11) is 0. The first-order chi connectivity index (χ1) is 14.4. The number of nitrogens with one attached hydrogen (secondary N) is 2. The van der Waals surface area contributed by atoms with Gasteiger partial charge in [-0.25, -0.2) is 4.98 Å². The van der Waals surface area contributed by atoms with Crippen molar-refractivity contribution >= 4 is 57.3 Å². The summed E-state index contributed by atoms with van der Waals surface area (Å²) in [5, 5.41) is 15.7. The summed E-state index contributed by atoms with van der Waals surface area (Å²) >= 11 is 8.58. The highest BCUT2D eigenvalue weighted by molar-refractivity contribution is 7.99. The van der Waals surface area contributed by atoms with E-state index in [4.69, 9.17) is 11.6 Å². The van der Waals surface area contributed by atoms with Gasteiger partial charge in [-0.2, -0.15) is 0 Å². The van der Waals surface area contributed by atoms with E-state index in [9.17, 15) is 9.59 Å². The molecule has 0 radical (unpaired) electrons. The number of nitrogens with zero attached hydrogens (tertiary/aromatic N) is 4. The van der Waals surface area contributed by atoms with E-state index in [1.807, 2.05) is 25.3 Å². The summed E-state index contributed by atoms with van der Waals surface area (Å²) in [5.74, 6) is 0.343. The van der Waals surface area contributed by atoms with Crippen molar-refractivity contribution in [2.24, 2.45) is 0 Å². The number of anilines is 2. The predicted molar refractivity (Wildman–Crippen MR) is 120 cm³/mol. The molecule has 0 saturated heterocycles. The normalized spacial score (nSPS) is 10.8. The lowest BCUT2D eigenvalue weighted by Gasteiger charge is -2.08. The number of carbonyl (C=O) groups is 2. The highest BCUT2D eigenvalue weighted by Crippen LogP contribution is 2.22. The van der Waals surface area contributed by atoms with Gasteiger partial charge in [0.05, 0.1) is 17.9 Å². The number of thiazole rings is 1. The Morgan fingerprint density at radius 1 is 1.13 bits per heavy atom. The molecule has 0 atom stereocenters. The van der Waals surface area contributed by atoms with Crippen LogP contribution in [0, 0.1) is 13.8 Å². The van der Waals surface area contributed by atoms with Crippen LogP contribution in [0.25, 0.3) is 0 Å². The SMILES string of the molecule is CCn1c(CC(=O)Nc2ccc(Cl)cc2)nnc1SCC(=O)Nc1nc(C)c(C)s1. The van der Waals surface area contributed by atoms with E-state index in [1.54, 1.807) is 24.3 Å². The van der Waals surface area contributed by atoms with Gasteiger partial charge >= 0.3 is 0 Å². The third-order valence-corrected chi connectivity index (χ3v) is 6.37. The molecule has 30 heavy (non-hydrogen) atoms. The van der Waals surface area contributed by atoms with Crippen molar-refractivity contribution in [2.45, 2.75) is 38.9 Å². The van der Waals surface area contributed by atoms with Crippen LogP contribution in [0.2, 0.25) is 5.02 Å². The average Bonchev–Trinajstić information content (AvgIpc) is 3.23. The molecular formula is C19H21ClN6O2S2. The molecule has 3 aromatic rings. The molecule has 0 fully saturated rings. The van der Waals surface area contributed by atoms with Crippen LogP contribution in [0.1, 0.15) is 23.3 Å². The molecule has 0 spiro atoms. The maximum Gasteiger partial charge on any atom is 0.236 e. The maximum absolute atomic E-state index is 12.3. The lowest BCUT2D eigenvalue weighted by Crippen LogP contribution is -2.18. The second-order valence-electron chi connectivity index (χ2n) is 6.37. The fourth-order valence-electron chi connectivity index (χ4n) is 2.57. The van der Waals surface area contributed by atoms with Gasteiger partial charge in [0.1, 0.15) is 5.82 Å². The van der Waals surface area contributed by atoms with Gasteiger partial charge in [0, 0.05) is 22.1 Å². The summed E-state index contributed by atoms with van der Waals surface area (Å²) in [4.78, 5) is 29.9. The molecule has 2 amide bonds. The third kappa shape index (κ3) is 5.80. The van der Waals surface area contributed by atoms with Crippen LogP contribution >= 0.6 is 34.7 Å². The standard InChI is InChI=1S/C19H21ClN6O2S2/c1-4-26-15(9-16(27)22-14-7-5-13(20)6-8-14)24-25-19(26)29-10-17(28)23-18-21-11(2)12(3)30-18/h5-8H,4,9-10H2,1-3H3,(H,22,27)(H,21,23,28). The Morgan fingerprint density at radius 2 is 1.87 bits per heavy atom. The number of hydrogen-bond acceptors (Lipinski definition) is 7. The van der Waals surface area contributed by atoms with Crippen LogP contribution in [0.5, 0.6) is 0 Å². The van der Waals surface area contributed by atoms with Crippen molar-refractivity contribution in [1.82, 2.24) is 19.7 Å². The van der Waals surface area contributed by atoms with E-state index < -0.39 is 0 Å². The summed E-state index contributed by atoms with van der Waals surface area (Å²) in [5.41, 5.74) is 1.57. The maximum atomic E-state index is 12.3. The lowest BCUT2D eigenvalue weighted by atomic mass is 10.3. The number of benzene rings is 1. The topological polar surface area (TPSA) is 102 Å². The lowest BCUT2D eigenvalue weighted by molar-refractivity contribution is -0.116. The molecule has 2 N–H and O–H groups in total. The Hall–Kier alpha value is -2.43. The molecule has 1 aromatic carbocycles. The van der Waals surface area contributed by atoms with E-state index in [2.05, 4.69) is 25.8 Å². The highest BCUT2D eigenvalue weighted by atomic mass is 35.5. The van der Waals surface area contributed by atoms with Crippen molar-refractivity contribution in [3.63, 3.8) is 0 Å². The summed E-state index contributed by atoms with van der Waals surface area (Å²) in [6, 6.07) is 6.88. The summed E-state index contributed by atoms with van der Waals surface area (Å²) in [6.45, 7) is 6.40. The number of aromatic nitrogens is 4. The molecule has 11 heteroatoms. The number of carbonyl (C=O) groups excluding carboxylic acids is 2. The van der Waals surface area contributed by atoms with E-state index >= 15 is 0 Å². The summed E-state index contributed by atoms with van der Waals surface area (Å²) < 4.78 is 1.83. The zero-order valence-electron chi connectivity index (χ0n) is 16.7. The number of rotatable bonds is 8. The molecule has 0 unspecified atom stereocenters. The first kappa shape index (κ1) is 22.3. The first-order valence-corrected chi connectivity index (χ1v) is 11.4. The van der Waals surface area contributed by atoms with Gasteiger partial charge in [-0.1, -0.05) is 23.4 Å². The van der Waals surface area contributed by atoms with Gasteiger partial charge in [-0.15, -0.1) is 21.5 Å². The fraction of sp³-hybridized carbons (Fsp3) is 0.316. The Labute approximate surface area is 187 Å². The highest BCUT2D eigenvalue weighted by Gasteiger charge is 2.16. The predicted octanol–water partition coefficient (Wildman–Crippen LogP) is 3.94. The second-order valence-corrected chi connectivity index (χ2v) is 8.95. The van der Waals surface area contributed by atoms with Crippen LogP contribution in [-0.4, -0.2) is 37.3 Å². The smallest absolute Gasteiger partial charge is 0.236 e. The Kier molecular flexibility index (Phi) is 7.46. The molecule has 8 nitrogen and oxygen atoms in total. The van der Waals surface area contributed by atoms with Crippen molar-refractivity contribution < 1.29 is 9.59 Å². The fourth-order valence-corrected chi connectivity index (χ4v) is 4.35. The molecule has 2 aromatic heterocycles. The van der Waals surface area contributed by atoms with Crippen LogP contribution in [0.3, 0.4) is 0 Å². The Balaban J connectivity index is 1.57. The third-order valence-electron chi connectivity index (χ3n) is 4.16. The van der Waals surface area contributed by atoms with E-state index in [-0.39, 0.29) is 24.0 Å². The number of aryl methyl sites for hydroxylation is 2. The minimum atomic E-state index is -0.205. The molecule has 0 aliphatic rings. The van der Waals surface area contributed by atoms with Crippen LogP contribution < -0.4 is 10.6 Å². The number of amides is 2. The molecular weight excluding hydrogens is 444 g/mol. The van der Waals surface area contributed by atoms with Crippen LogP contribution in [-0.2, 0) is 22.6 Å². The van der Waals surface area contributed by atoms with Crippen LogP contribution in [0.4, 0.5) is 10.8 Å². The number of halogens is 1. The minimum absolute atomic E-state index is 0.0773. The number of thioether (sulfide) groups is 1. The zero-order chi connectivity index (χ0) is 21.7. The van der Waals surface area contributed by atoms with Gasteiger partial charge in [-0.3, -0.25) is 9.59 Å². The Bertz CT molecular complexity index is 1030. The molecule has 0 aliphatic carbocycles. The zero-order valence-corrected chi connectivity index (χ0v) is 19.1. The van der Waals surface area contributed by atoms with Crippen LogP contribution in [0.15, 0.2) is 29.4 Å².